The number of nitrogen functional groups attached to an aromatic ring is 1. The number of hydrogen-bond acceptors (Lipinski definition) is 2. The van der Waals surface area contributed by atoms with Gasteiger partial charge in [0.2, 0.25) is 5.91 Å². The summed E-state index contributed by atoms with van der Waals surface area (Å²) in [6.45, 7) is 0. The van der Waals surface area contributed by atoms with E-state index in [4.69, 9.17) is 5.73 Å². The van der Waals surface area contributed by atoms with Gasteiger partial charge in [0.25, 0.3) is 0 Å². The normalized spacial score (nSPS) is 10.0. The molecule has 0 saturated carbocycles. The van der Waals surface area contributed by atoms with Crippen LogP contribution in [0.4, 0.5) is 11.4 Å². The lowest BCUT2D eigenvalue weighted by atomic mass is 10.1. The molecule has 3 N–H and O–H groups in total. The molecular formula is C15H16N2O. The molecule has 0 spiro atoms. The SMILES string of the molecule is Nc1ccccc1CCC(=O)Nc1ccccc1. The molecule has 0 atom stereocenters. The number of carbonyl (C=O) groups excluding carboxylic acids is 1. The van der Waals surface area contributed by atoms with Gasteiger partial charge in [0.15, 0.2) is 0 Å². The van der Waals surface area contributed by atoms with E-state index in [1.807, 2.05) is 54.6 Å². The van der Waals surface area contributed by atoms with Gasteiger partial charge in [-0.2, -0.15) is 0 Å². The number of carbonyl (C=O) groups is 1. The third kappa shape index (κ3) is 3.35. The maximum Gasteiger partial charge on any atom is 0.224 e. The number of para-hydroxylation sites is 2. The molecule has 1 amide bonds. The Kier molecular flexibility index (Phi) is 3.97. The van der Waals surface area contributed by atoms with Crippen LogP contribution in [0.1, 0.15) is 12.0 Å². The van der Waals surface area contributed by atoms with Gasteiger partial charge in [-0.25, -0.2) is 0 Å². The van der Waals surface area contributed by atoms with Crippen LogP contribution < -0.4 is 11.1 Å². The topological polar surface area (TPSA) is 55.1 Å². The lowest BCUT2D eigenvalue weighted by Crippen LogP contribution is -2.12. The van der Waals surface area contributed by atoms with E-state index in [9.17, 15) is 4.79 Å². The van der Waals surface area contributed by atoms with Crippen molar-refractivity contribution in [3.8, 4) is 0 Å². The van der Waals surface area contributed by atoms with Gasteiger partial charge in [0.05, 0.1) is 0 Å². The molecule has 0 fully saturated rings. The number of amides is 1. The average Bonchev–Trinajstić information content (AvgIpc) is 2.39. The van der Waals surface area contributed by atoms with Crippen molar-refractivity contribution in [3.63, 3.8) is 0 Å². The smallest absolute Gasteiger partial charge is 0.224 e. The van der Waals surface area contributed by atoms with Crippen molar-refractivity contribution < 1.29 is 4.79 Å². The number of nitrogens with two attached hydrogens (primary N) is 1. The van der Waals surface area contributed by atoms with Crippen LogP contribution in [0.5, 0.6) is 0 Å². The van der Waals surface area contributed by atoms with E-state index < -0.39 is 0 Å². The van der Waals surface area contributed by atoms with Crippen LogP contribution >= 0.6 is 0 Å². The highest BCUT2D eigenvalue weighted by Gasteiger charge is 2.04. The van der Waals surface area contributed by atoms with E-state index in [-0.39, 0.29) is 5.91 Å². The largest absolute Gasteiger partial charge is 0.399 e. The lowest BCUT2D eigenvalue weighted by Gasteiger charge is -2.06. The number of rotatable bonds is 4. The quantitative estimate of drug-likeness (QED) is 0.807. The number of nitrogens with one attached hydrogen (secondary N) is 1. The second kappa shape index (κ2) is 5.87. The van der Waals surface area contributed by atoms with Crippen molar-refractivity contribution >= 4 is 17.3 Å². The summed E-state index contributed by atoms with van der Waals surface area (Å²) in [6, 6.07) is 17.1. The van der Waals surface area contributed by atoms with Crippen LogP contribution in [0.15, 0.2) is 54.6 Å². The zero-order chi connectivity index (χ0) is 12.8. The number of benzene rings is 2. The first-order valence-electron chi connectivity index (χ1n) is 5.94. The van der Waals surface area contributed by atoms with E-state index >= 15 is 0 Å². The molecular weight excluding hydrogens is 224 g/mol. The Labute approximate surface area is 107 Å². The average molecular weight is 240 g/mol. The third-order valence-electron chi connectivity index (χ3n) is 2.73. The van der Waals surface area contributed by atoms with Crippen LogP contribution in [0.2, 0.25) is 0 Å². The van der Waals surface area contributed by atoms with E-state index in [2.05, 4.69) is 5.32 Å². The van der Waals surface area contributed by atoms with Crippen molar-refractivity contribution in [2.75, 3.05) is 11.1 Å². The lowest BCUT2D eigenvalue weighted by molar-refractivity contribution is -0.116. The summed E-state index contributed by atoms with van der Waals surface area (Å²) < 4.78 is 0. The minimum atomic E-state index is 0.00412. The number of hydrogen-bond donors (Lipinski definition) is 2. The number of aryl methyl sites for hydroxylation is 1. The molecule has 18 heavy (non-hydrogen) atoms. The number of anilines is 2. The molecule has 0 radical (unpaired) electrons. The predicted octanol–water partition coefficient (Wildman–Crippen LogP) is 2.84. The second-order valence-corrected chi connectivity index (χ2v) is 4.11. The Balaban J connectivity index is 1.88. The van der Waals surface area contributed by atoms with Crippen LogP contribution in [-0.2, 0) is 11.2 Å². The summed E-state index contributed by atoms with van der Waals surface area (Å²) in [7, 11) is 0. The summed E-state index contributed by atoms with van der Waals surface area (Å²) in [6.07, 6.45) is 1.09. The molecule has 3 heteroatoms. The minimum absolute atomic E-state index is 0.00412. The Morgan fingerprint density at radius 1 is 1.00 bits per heavy atom. The molecule has 0 aliphatic heterocycles. The summed E-state index contributed by atoms with van der Waals surface area (Å²) in [5.41, 5.74) is 8.41. The van der Waals surface area contributed by atoms with E-state index in [1.54, 1.807) is 0 Å². The van der Waals surface area contributed by atoms with Crippen molar-refractivity contribution in [1.29, 1.82) is 0 Å². The first kappa shape index (κ1) is 12.2. The highest BCUT2D eigenvalue weighted by molar-refractivity contribution is 5.90. The maximum absolute atomic E-state index is 11.7. The van der Waals surface area contributed by atoms with Crippen LogP contribution in [-0.4, -0.2) is 5.91 Å². The fourth-order valence-corrected chi connectivity index (χ4v) is 1.76. The Bertz CT molecular complexity index is 523. The minimum Gasteiger partial charge on any atom is -0.399 e. The van der Waals surface area contributed by atoms with Crippen LogP contribution in [0, 0.1) is 0 Å². The molecule has 2 aromatic rings. The summed E-state index contributed by atoms with van der Waals surface area (Å²) in [4.78, 5) is 11.7. The predicted molar refractivity (Wildman–Crippen MR) is 74.2 cm³/mol. The Morgan fingerprint density at radius 3 is 2.39 bits per heavy atom. The molecule has 3 nitrogen and oxygen atoms in total. The van der Waals surface area contributed by atoms with Gasteiger partial charge in [0, 0.05) is 17.8 Å². The molecule has 0 aliphatic rings. The second-order valence-electron chi connectivity index (χ2n) is 4.11. The molecule has 92 valence electrons. The molecule has 2 aromatic carbocycles. The van der Waals surface area contributed by atoms with Gasteiger partial charge >= 0.3 is 0 Å². The van der Waals surface area contributed by atoms with Gasteiger partial charge in [-0.05, 0) is 30.2 Å². The first-order valence-corrected chi connectivity index (χ1v) is 5.94. The van der Waals surface area contributed by atoms with Gasteiger partial charge in [-0.3, -0.25) is 4.79 Å². The molecule has 0 aliphatic carbocycles. The highest BCUT2D eigenvalue weighted by Crippen LogP contribution is 2.13. The van der Waals surface area contributed by atoms with Crippen LogP contribution in [0.25, 0.3) is 0 Å². The molecule has 0 bridgehead atoms. The molecule has 0 aromatic heterocycles. The third-order valence-corrected chi connectivity index (χ3v) is 2.73. The van der Waals surface area contributed by atoms with Gasteiger partial charge in [-0.1, -0.05) is 36.4 Å². The summed E-state index contributed by atoms with van der Waals surface area (Å²) >= 11 is 0. The zero-order valence-corrected chi connectivity index (χ0v) is 10.1. The molecule has 0 saturated heterocycles. The highest BCUT2D eigenvalue weighted by atomic mass is 16.1. The van der Waals surface area contributed by atoms with Crippen molar-refractivity contribution in [3.05, 3.63) is 60.2 Å². The monoisotopic (exact) mass is 240 g/mol. The van der Waals surface area contributed by atoms with Gasteiger partial charge in [0.1, 0.15) is 0 Å². The van der Waals surface area contributed by atoms with E-state index in [0.29, 0.717) is 12.8 Å². The first-order chi connectivity index (χ1) is 8.75. The zero-order valence-electron chi connectivity index (χ0n) is 10.1. The fraction of sp³-hybridized carbons (Fsp3) is 0.133. The van der Waals surface area contributed by atoms with E-state index in [0.717, 1.165) is 16.9 Å². The molecule has 0 heterocycles. The van der Waals surface area contributed by atoms with Gasteiger partial charge in [-0.15, -0.1) is 0 Å². The summed E-state index contributed by atoms with van der Waals surface area (Å²) in [5.74, 6) is 0.00412. The maximum atomic E-state index is 11.7. The molecule has 2 rings (SSSR count). The van der Waals surface area contributed by atoms with Gasteiger partial charge < -0.3 is 11.1 Å². The standard InChI is InChI=1S/C15H16N2O/c16-14-9-5-4-6-12(14)10-11-15(18)17-13-7-2-1-3-8-13/h1-9H,10-11,16H2,(H,17,18). The summed E-state index contributed by atoms with van der Waals surface area (Å²) in [5, 5.41) is 2.85. The van der Waals surface area contributed by atoms with E-state index in [1.165, 1.54) is 0 Å². The van der Waals surface area contributed by atoms with Crippen molar-refractivity contribution in [2.45, 2.75) is 12.8 Å². The van der Waals surface area contributed by atoms with Crippen molar-refractivity contribution in [1.82, 2.24) is 0 Å². The Hall–Kier alpha value is -2.29. The van der Waals surface area contributed by atoms with Crippen LogP contribution in [0.3, 0.4) is 0 Å². The van der Waals surface area contributed by atoms with Crippen molar-refractivity contribution in [2.24, 2.45) is 0 Å². The molecule has 0 unspecified atom stereocenters. The fourth-order valence-electron chi connectivity index (χ4n) is 1.76. The Morgan fingerprint density at radius 2 is 1.67 bits per heavy atom.